The van der Waals surface area contributed by atoms with Gasteiger partial charge in [-0.25, -0.2) is 4.98 Å². The number of hydrogen-bond donors (Lipinski definition) is 1. The molecule has 2 heterocycles. The quantitative estimate of drug-likeness (QED) is 0.866. The van der Waals surface area contributed by atoms with Crippen LogP contribution in [0, 0.1) is 5.92 Å². The number of rotatable bonds is 3. The summed E-state index contributed by atoms with van der Waals surface area (Å²) in [6.07, 6.45) is 7.16. The third kappa shape index (κ3) is 2.16. The first-order valence-corrected chi connectivity index (χ1v) is 6.80. The highest BCUT2D eigenvalue weighted by Gasteiger charge is 2.39. The second-order valence-corrected chi connectivity index (χ2v) is 5.30. The van der Waals surface area contributed by atoms with Gasteiger partial charge in [0, 0.05) is 19.3 Å². The van der Waals surface area contributed by atoms with Crippen molar-refractivity contribution in [1.29, 1.82) is 0 Å². The summed E-state index contributed by atoms with van der Waals surface area (Å²) in [5, 5.41) is 0. The van der Waals surface area contributed by atoms with Crippen molar-refractivity contribution in [1.82, 2.24) is 4.98 Å². The fourth-order valence-electron chi connectivity index (χ4n) is 2.96. The summed E-state index contributed by atoms with van der Waals surface area (Å²) < 4.78 is 0. The third-order valence-electron chi connectivity index (χ3n) is 4.10. The minimum Gasteiger partial charge on any atom is -0.356 e. The molecule has 3 nitrogen and oxygen atoms in total. The van der Waals surface area contributed by atoms with Gasteiger partial charge in [0.1, 0.15) is 5.82 Å². The molecule has 3 rings (SSSR count). The zero-order chi connectivity index (χ0) is 11.7. The molecule has 1 aromatic heterocycles. The van der Waals surface area contributed by atoms with Crippen molar-refractivity contribution in [2.75, 3.05) is 24.5 Å². The van der Waals surface area contributed by atoms with E-state index in [0.29, 0.717) is 11.8 Å². The van der Waals surface area contributed by atoms with Gasteiger partial charge >= 0.3 is 0 Å². The van der Waals surface area contributed by atoms with Gasteiger partial charge in [-0.3, -0.25) is 0 Å². The SMILES string of the molecule is NCC1CC1c1cccnc1N1CCCCC1. The minimum absolute atomic E-state index is 0.672. The van der Waals surface area contributed by atoms with Crippen molar-refractivity contribution in [3.8, 4) is 0 Å². The highest BCUT2D eigenvalue weighted by Crippen LogP contribution is 2.49. The van der Waals surface area contributed by atoms with Crippen LogP contribution in [0.1, 0.15) is 37.2 Å². The van der Waals surface area contributed by atoms with Crippen LogP contribution in [0.3, 0.4) is 0 Å². The normalized spacial score (nSPS) is 28.2. The standard InChI is InChI=1S/C14H21N3/c15-10-11-9-13(11)12-5-4-6-16-14(12)17-7-2-1-3-8-17/h4-6,11,13H,1-3,7-10,15H2. The molecule has 0 spiro atoms. The molecule has 1 aromatic rings. The Labute approximate surface area is 103 Å². The lowest BCUT2D eigenvalue weighted by atomic mass is 10.1. The molecule has 3 heteroatoms. The Kier molecular flexibility index (Phi) is 3.02. The van der Waals surface area contributed by atoms with E-state index in [9.17, 15) is 0 Å². The van der Waals surface area contributed by atoms with Crippen molar-refractivity contribution in [3.05, 3.63) is 23.9 Å². The minimum atomic E-state index is 0.672. The molecule has 1 saturated heterocycles. The fourth-order valence-corrected chi connectivity index (χ4v) is 2.96. The molecule has 1 aliphatic heterocycles. The van der Waals surface area contributed by atoms with Gasteiger partial charge in [-0.15, -0.1) is 0 Å². The molecule has 0 radical (unpaired) electrons. The van der Waals surface area contributed by atoms with Crippen LogP contribution in [0.25, 0.3) is 0 Å². The predicted octanol–water partition coefficient (Wildman–Crippen LogP) is 2.13. The Morgan fingerprint density at radius 2 is 2.12 bits per heavy atom. The van der Waals surface area contributed by atoms with Crippen molar-refractivity contribution in [2.24, 2.45) is 11.7 Å². The summed E-state index contributed by atoms with van der Waals surface area (Å²) in [6.45, 7) is 3.16. The third-order valence-corrected chi connectivity index (χ3v) is 4.10. The molecule has 2 unspecified atom stereocenters. The van der Waals surface area contributed by atoms with Crippen LogP contribution in [0.2, 0.25) is 0 Å². The summed E-state index contributed by atoms with van der Waals surface area (Å²) in [5.41, 5.74) is 7.19. The summed E-state index contributed by atoms with van der Waals surface area (Å²) in [6, 6.07) is 4.31. The highest BCUT2D eigenvalue weighted by molar-refractivity contribution is 5.51. The second kappa shape index (κ2) is 4.65. The molecule has 92 valence electrons. The van der Waals surface area contributed by atoms with Gasteiger partial charge in [0.05, 0.1) is 0 Å². The molecular formula is C14H21N3. The zero-order valence-electron chi connectivity index (χ0n) is 10.3. The molecular weight excluding hydrogens is 210 g/mol. The van der Waals surface area contributed by atoms with E-state index >= 15 is 0 Å². The first kappa shape index (κ1) is 11.0. The van der Waals surface area contributed by atoms with Gasteiger partial charge in [0.25, 0.3) is 0 Å². The van der Waals surface area contributed by atoms with Crippen LogP contribution in [-0.4, -0.2) is 24.6 Å². The van der Waals surface area contributed by atoms with E-state index in [4.69, 9.17) is 5.73 Å². The molecule has 0 aromatic carbocycles. The number of nitrogens with zero attached hydrogens (tertiary/aromatic N) is 2. The van der Waals surface area contributed by atoms with Gasteiger partial charge in [-0.05, 0) is 55.7 Å². The molecule has 1 saturated carbocycles. The number of aromatic nitrogens is 1. The van der Waals surface area contributed by atoms with E-state index in [-0.39, 0.29) is 0 Å². The van der Waals surface area contributed by atoms with E-state index in [2.05, 4.69) is 22.0 Å². The molecule has 2 aliphatic rings. The smallest absolute Gasteiger partial charge is 0.131 e. The maximum atomic E-state index is 5.76. The lowest BCUT2D eigenvalue weighted by Crippen LogP contribution is -2.31. The van der Waals surface area contributed by atoms with Crippen LogP contribution >= 0.6 is 0 Å². The number of nitrogens with two attached hydrogens (primary N) is 1. The average Bonchev–Trinajstić information content (AvgIpc) is 3.19. The Hall–Kier alpha value is -1.09. The van der Waals surface area contributed by atoms with E-state index in [1.165, 1.54) is 50.2 Å². The van der Waals surface area contributed by atoms with E-state index in [1.807, 2.05) is 6.20 Å². The highest BCUT2D eigenvalue weighted by atomic mass is 15.2. The maximum absolute atomic E-state index is 5.76. The number of piperidine rings is 1. The van der Waals surface area contributed by atoms with Gasteiger partial charge in [0.15, 0.2) is 0 Å². The zero-order valence-corrected chi connectivity index (χ0v) is 10.3. The summed E-state index contributed by atoms with van der Waals surface area (Å²) >= 11 is 0. The first-order valence-electron chi connectivity index (χ1n) is 6.80. The van der Waals surface area contributed by atoms with Crippen molar-refractivity contribution >= 4 is 5.82 Å². The second-order valence-electron chi connectivity index (χ2n) is 5.30. The number of anilines is 1. The molecule has 2 atom stereocenters. The van der Waals surface area contributed by atoms with Crippen molar-refractivity contribution in [2.45, 2.75) is 31.6 Å². The van der Waals surface area contributed by atoms with Gasteiger partial charge in [0.2, 0.25) is 0 Å². The summed E-state index contributed by atoms with van der Waals surface area (Å²) in [4.78, 5) is 7.08. The van der Waals surface area contributed by atoms with E-state index < -0.39 is 0 Å². The summed E-state index contributed by atoms with van der Waals surface area (Å²) in [5.74, 6) is 2.60. The largest absolute Gasteiger partial charge is 0.356 e. The van der Waals surface area contributed by atoms with Crippen molar-refractivity contribution in [3.63, 3.8) is 0 Å². The molecule has 17 heavy (non-hydrogen) atoms. The lowest BCUT2D eigenvalue weighted by molar-refractivity contribution is 0.571. The fraction of sp³-hybridized carbons (Fsp3) is 0.643. The monoisotopic (exact) mass is 231 g/mol. The van der Waals surface area contributed by atoms with Crippen LogP contribution in [0.4, 0.5) is 5.82 Å². The predicted molar refractivity (Wildman–Crippen MR) is 70.2 cm³/mol. The molecule has 0 bridgehead atoms. The van der Waals surface area contributed by atoms with E-state index in [1.54, 1.807) is 0 Å². The van der Waals surface area contributed by atoms with Gasteiger partial charge in [-0.1, -0.05) is 6.07 Å². The van der Waals surface area contributed by atoms with Gasteiger partial charge in [-0.2, -0.15) is 0 Å². The topological polar surface area (TPSA) is 42.1 Å². The van der Waals surface area contributed by atoms with Crippen LogP contribution in [-0.2, 0) is 0 Å². The molecule has 2 N–H and O–H groups in total. The maximum Gasteiger partial charge on any atom is 0.131 e. The van der Waals surface area contributed by atoms with Crippen LogP contribution in [0.15, 0.2) is 18.3 Å². The number of hydrogen-bond acceptors (Lipinski definition) is 3. The lowest BCUT2D eigenvalue weighted by Gasteiger charge is -2.29. The van der Waals surface area contributed by atoms with Crippen LogP contribution in [0.5, 0.6) is 0 Å². The molecule has 1 aliphatic carbocycles. The summed E-state index contributed by atoms with van der Waals surface area (Å²) in [7, 11) is 0. The Bertz CT molecular complexity index is 385. The average molecular weight is 231 g/mol. The molecule has 2 fully saturated rings. The Morgan fingerprint density at radius 1 is 1.29 bits per heavy atom. The van der Waals surface area contributed by atoms with E-state index in [0.717, 1.165) is 6.54 Å². The van der Waals surface area contributed by atoms with Crippen LogP contribution < -0.4 is 10.6 Å². The van der Waals surface area contributed by atoms with Gasteiger partial charge < -0.3 is 10.6 Å². The first-order chi connectivity index (χ1) is 8.40. The number of pyridine rings is 1. The van der Waals surface area contributed by atoms with Crippen molar-refractivity contribution < 1.29 is 0 Å². The Balaban J connectivity index is 1.83. The molecule has 0 amide bonds. The Morgan fingerprint density at radius 3 is 2.82 bits per heavy atom.